The van der Waals surface area contributed by atoms with Crippen LogP contribution >= 0.6 is 7.82 Å². The standard InChI is InChI=1S/C59H114NO8P/c1-6-8-10-12-14-15-16-17-18-19-20-21-22-23-24-25-26-27-28-29-30-31-32-33-34-35-36-37-38-39-40-41-42-43-44-45-46-48-50-52-59(62)68-57(55-65-58(61)51-49-47-13-11-9-7-2)56-67-69(63,64)66-54-53-60(3,4)5/h16-17,19-20,57H,6-15,18,21-56H2,1-5H3/p+1/b17-16-,20-19-. The number of phosphoric ester groups is 1. The van der Waals surface area contributed by atoms with Crippen LogP contribution in [0.3, 0.4) is 0 Å². The molecule has 0 fully saturated rings. The third-order valence-corrected chi connectivity index (χ3v) is 14.2. The van der Waals surface area contributed by atoms with E-state index in [4.69, 9.17) is 18.5 Å². The van der Waals surface area contributed by atoms with Gasteiger partial charge in [0.15, 0.2) is 6.10 Å². The average molecular weight is 998 g/mol. The number of likely N-dealkylation sites (N-methyl/N-ethyl adjacent to an activating group) is 1. The Hall–Kier alpha value is -1.51. The van der Waals surface area contributed by atoms with Crippen molar-refractivity contribution in [2.24, 2.45) is 0 Å². The molecule has 0 aliphatic rings. The van der Waals surface area contributed by atoms with Gasteiger partial charge in [0.1, 0.15) is 19.8 Å². The summed E-state index contributed by atoms with van der Waals surface area (Å²) in [7, 11) is 1.49. The van der Waals surface area contributed by atoms with Crippen molar-refractivity contribution in [2.75, 3.05) is 47.5 Å². The zero-order valence-electron chi connectivity index (χ0n) is 46.3. The molecule has 2 atom stereocenters. The van der Waals surface area contributed by atoms with Crippen LogP contribution in [0.4, 0.5) is 0 Å². The van der Waals surface area contributed by atoms with Gasteiger partial charge in [0.25, 0.3) is 0 Å². The Morgan fingerprint density at radius 2 is 0.783 bits per heavy atom. The van der Waals surface area contributed by atoms with Crippen molar-refractivity contribution in [2.45, 2.75) is 296 Å². The van der Waals surface area contributed by atoms with Crippen molar-refractivity contribution in [1.29, 1.82) is 0 Å². The fraction of sp³-hybridized carbons (Fsp3) is 0.898. The molecular weight excluding hydrogens is 882 g/mol. The zero-order chi connectivity index (χ0) is 50.6. The van der Waals surface area contributed by atoms with Crippen molar-refractivity contribution in [3.8, 4) is 0 Å². The van der Waals surface area contributed by atoms with Gasteiger partial charge in [-0.2, -0.15) is 0 Å². The first-order valence-electron chi connectivity index (χ1n) is 29.6. The summed E-state index contributed by atoms with van der Waals surface area (Å²) >= 11 is 0. The van der Waals surface area contributed by atoms with E-state index in [1.54, 1.807) is 0 Å². The van der Waals surface area contributed by atoms with Crippen LogP contribution in [-0.2, 0) is 32.7 Å². The summed E-state index contributed by atoms with van der Waals surface area (Å²) in [5, 5.41) is 0. The van der Waals surface area contributed by atoms with Crippen LogP contribution in [0.15, 0.2) is 24.3 Å². The van der Waals surface area contributed by atoms with E-state index < -0.39 is 26.5 Å². The predicted molar refractivity (Wildman–Crippen MR) is 294 cm³/mol. The van der Waals surface area contributed by atoms with Gasteiger partial charge in [-0.3, -0.25) is 18.6 Å². The number of quaternary nitrogens is 1. The molecule has 0 rings (SSSR count). The summed E-state index contributed by atoms with van der Waals surface area (Å²) in [6, 6.07) is 0. The second kappa shape index (κ2) is 51.4. The van der Waals surface area contributed by atoms with Gasteiger partial charge in [0, 0.05) is 12.8 Å². The molecule has 0 radical (unpaired) electrons. The third-order valence-electron chi connectivity index (χ3n) is 13.2. The molecule has 408 valence electrons. The molecule has 0 saturated carbocycles. The second-order valence-electron chi connectivity index (χ2n) is 21.4. The number of carbonyl (C=O) groups excluding carboxylic acids is 2. The van der Waals surface area contributed by atoms with Crippen LogP contribution in [0, 0.1) is 0 Å². The second-order valence-corrected chi connectivity index (χ2v) is 22.8. The summed E-state index contributed by atoms with van der Waals surface area (Å²) in [5.41, 5.74) is 0. The zero-order valence-corrected chi connectivity index (χ0v) is 47.2. The van der Waals surface area contributed by atoms with E-state index in [2.05, 4.69) is 38.2 Å². The van der Waals surface area contributed by atoms with E-state index in [1.807, 2.05) is 21.1 Å². The minimum atomic E-state index is -4.37. The quantitative estimate of drug-likeness (QED) is 0.0211. The van der Waals surface area contributed by atoms with Gasteiger partial charge in [-0.05, 0) is 44.9 Å². The number of rotatable bonds is 55. The third kappa shape index (κ3) is 55.7. The van der Waals surface area contributed by atoms with Crippen LogP contribution in [0.1, 0.15) is 290 Å². The number of carbonyl (C=O) groups is 2. The van der Waals surface area contributed by atoms with E-state index in [0.717, 1.165) is 44.9 Å². The number of nitrogens with zero attached hydrogens (tertiary/aromatic N) is 1. The predicted octanol–water partition coefficient (Wildman–Crippen LogP) is 18.2. The highest BCUT2D eigenvalue weighted by Crippen LogP contribution is 2.43. The van der Waals surface area contributed by atoms with Crippen molar-refractivity contribution in [1.82, 2.24) is 0 Å². The largest absolute Gasteiger partial charge is 0.472 e. The molecule has 10 heteroatoms. The highest BCUT2D eigenvalue weighted by Gasteiger charge is 2.27. The molecule has 0 spiro atoms. The van der Waals surface area contributed by atoms with Crippen molar-refractivity contribution in [3.63, 3.8) is 0 Å². The number of ether oxygens (including phenoxy) is 2. The molecule has 0 aliphatic carbocycles. The SMILES string of the molecule is CCCCCCC/C=C\C/C=C\CCCCCCCCCCCCCCCCCCCCCCCCCCCCCC(=O)OC(COC(=O)CCCCCCCC)COP(=O)(O)OCC[N+](C)(C)C. The topological polar surface area (TPSA) is 108 Å². The monoisotopic (exact) mass is 997 g/mol. The lowest BCUT2D eigenvalue weighted by atomic mass is 10.0. The number of hydrogen-bond donors (Lipinski definition) is 1. The Labute approximate surface area is 428 Å². The number of phosphoric acid groups is 1. The van der Waals surface area contributed by atoms with E-state index in [-0.39, 0.29) is 25.6 Å². The van der Waals surface area contributed by atoms with E-state index in [1.165, 1.54) is 212 Å². The molecule has 69 heavy (non-hydrogen) atoms. The highest BCUT2D eigenvalue weighted by molar-refractivity contribution is 7.47. The number of allylic oxidation sites excluding steroid dienone is 4. The fourth-order valence-corrected chi connectivity index (χ4v) is 9.38. The Kier molecular flexibility index (Phi) is 50.3. The molecule has 9 nitrogen and oxygen atoms in total. The molecule has 0 saturated heterocycles. The van der Waals surface area contributed by atoms with Crippen LogP contribution in [0.25, 0.3) is 0 Å². The average Bonchev–Trinajstić information content (AvgIpc) is 3.31. The maximum Gasteiger partial charge on any atom is 0.472 e. The van der Waals surface area contributed by atoms with Crippen molar-refractivity contribution >= 4 is 19.8 Å². The highest BCUT2D eigenvalue weighted by atomic mass is 31.2. The summed E-state index contributed by atoms with van der Waals surface area (Å²) < 4.78 is 34.3. The molecule has 0 bridgehead atoms. The molecule has 1 N–H and O–H groups in total. The van der Waals surface area contributed by atoms with E-state index >= 15 is 0 Å². The van der Waals surface area contributed by atoms with Crippen molar-refractivity contribution < 1.29 is 42.1 Å². The molecule has 0 amide bonds. The van der Waals surface area contributed by atoms with Gasteiger partial charge in [0.2, 0.25) is 0 Å². The fourth-order valence-electron chi connectivity index (χ4n) is 8.64. The Balaban J connectivity index is 3.72. The van der Waals surface area contributed by atoms with Crippen LogP contribution in [0.2, 0.25) is 0 Å². The summed E-state index contributed by atoms with van der Waals surface area (Å²) in [6.45, 7) is 4.38. The van der Waals surface area contributed by atoms with Gasteiger partial charge in [-0.15, -0.1) is 0 Å². The minimum absolute atomic E-state index is 0.0352. The first kappa shape index (κ1) is 67.5. The maximum absolute atomic E-state index is 12.7. The summed E-state index contributed by atoms with van der Waals surface area (Å²) in [5.74, 6) is -0.794. The molecule has 0 aromatic carbocycles. The smallest absolute Gasteiger partial charge is 0.462 e. The number of hydrogen-bond acceptors (Lipinski definition) is 7. The number of esters is 2. The van der Waals surface area contributed by atoms with Gasteiger partial charge in [-0.1, -0.05) is 256 Å². The molecule has 0 heterocycles. The van der Waals surface area contributed by atoms with Gasteiger partial charge in [0.05, 0.1) is 27.7 Å². The normalized spacial score (nSPS) is 13.4. The van der Waals surface area contributed by atoms with E-state index in [9.17, 15) is 19.0 Å². The van der Waals surface area contributed by atoms with Gasteiger partial charge >= 0.3 is 19.8 Å². The van der Waals surface area contributed by atoms with Crippen LogP contribution in [0.5, 0.6) is 0 Å². The van der Waals surface area contributed by atoms with Crippen molar-refractivity contribution in [3.05, 3.63) is 24.3 Å². The molecule has 0 aromatic heterocycles. The first-order valence-corrected chi connectivity index (χ1v) is 31.1. The van der Waals surface area contributed by atoms with Gasteiger partial charge < -0.3 is 18.9 Å². The maximum atomic E-state index is 12.7. The lowest BCUT2D eigenvalue weighted by Gasteiger charge is -2.24. The minimum Gasteiger partial charge on any atom is -0.462 e. The first-order chi connectivity index (χ1) is 33.5. The summed E-state index contributed by atoms with van der Waals surface area (Å²) in [6.07, 6.45) is 61.9. The Morgan fingerprint density at radius 3 is 1.14 bits per heavy atom. The molecule has 2 unspecified atom stereocenters. The lowest BCUT2D eigenvalue weighted by molar-refractivity contribution is -0.870. The summed E-state index contributed by atoms with van der Waals surface area (Å²) in [4.78, 5) is 35.2. The lowest BCUT2D eigenvalue weighted by Crippen LogP contribution is -2.37. The number of unbranched alkanes of at least 4 members (excludes halogenated alkanes) is 37. The Bertz CT molecular complexity index is 1220. The molecule has 0 aliphatic heterocycles. The van der Waals surface area contributed by atoms with Crippen LogP contribution < -0.4 is 0 Å². The van der Waals surface area contributed by atoms with E-state index in [0.29, 0.717) is 23.9 Å². The Morgan fingerprint density at radius 1 is 0.449 bits per heavy atom. The molecular formula is C59H115NO8P+. The molecule has 0 aromatic rings. The van der Waals surface area contributed by atoms with Crippen LogP contribution in [-0.4, -0.2) is 74.9 Å². The van der Waals surface area contributed by atoms with Gasteiger partial charge in [-0.25, -0.2) is 4.57 Å².